The number of amides is 3. The summed E-state index contributed by atoms with van der Waals surface area (Å²) in [5, 5.41) is 9.75. The molecule has 0 spiro atoms. The standard InChI is InChI=1S/C23H20FN3O2S.2C21H32BNO4.C15H20BrNO2.C13H8BrFN2O2S.C10H9BrO.C7H15BO2.ClH/c24-18-9-17-19(27(15-5-6-15)23-20(21(17)28)22(29)26-30-23)10-16(18)13-2-1-12-8-14(25)4-3-11(12)7-13;2*1-19(2,3)25-18(24)23-17-11-9-14-12-16(10-8-15(14)13-17)22-26-20(4,5)21(6,7)27-22;1-15(2,3)19-14(18)17-13-7-5-10-8-12(16)6-4-11(10)9-13;14-7-4-9-6(3-8(7)15)11(18)10-12(19)16-20-13(10)17(9)5-1-2-5;11-9-3-1-8-6-10(12)4-2-7(8)5-9;1-6(2)7(3,4)10-8(5)9-6;/h1-2,7,9-10,14-15H,3-6,8,25H2,(H,26,29);2*8,10,12,17H,9,11,13H2,1-7H3,(H,23,24);4,6,8,13H,5,7,9H2,1-3H3,(H,17,18);3-5H,1-2H2,(H,16,19);1,3,5H,2,4,6H2;1-5H3;1H. The van der Waals surface area contributed by atoms with Gasteiger partial charge < -0.3 is 73.0 Å². The Kier molecular flexibility index (Phi) is 34.3. The summed E-state index contributed by atoms with van der Waals surface area (Å²) in [6, 6.07) is 38.4. The lowest BCUT2D eigenvalue weighted by molar-refractivity contribution is -0.118. The fourth-order valence-electron chi connectivity index (χ4n) is 19.3. The Morgan fingerprint density at radius 2 is 0.774 bits per heavy atom. The molecular formula is C110H137B3Br3ClF2N8O17S2. The number of nitrogens with two attached hydrogens (primary N) is 1. The third-order valence-electron chi connectivity index (χ3n) is 29.1. The van der Waals surface area contributed by atoms with E-state index >= 15 is 4.39 Å². The Morgan fingerprint density at radius 3 is 1.17 bits per heavy atom. The van der Waals surface area contributed by atoms with E-state index in [9.17, 15) is 42.7 Å². The van der Waals surface area contributed by atoms with Crippen LogP contribution in [-0.2, 0) is 111 Å². The largest absolute Gasteiger partial charge is 0.494 e. The zero-order valence-corrected chi connectivity index (χ0v) is 94.8. The van der Waals surface area contributed by atoms with Crippen LogP contribution in [0.1, 0.15) is 271 Å². The van der Waals surface area contributed by atoms with Crippen molar-refractivity contribution in [1.82, 2.24) is 33.8 Å². The first-order valence-corrected chi connectivity index (χ1v) is 54.4. The van der Waals surface area contributed by atoms with Gasteiger partial charge in [-0.15, -0.1) is 12.4 Å². The highest BCUT2D eigenvalue weighted by atomic mass is 79.9. The van der Waals surface area contributed by atoms with Crippen LogP contribution in [0.25, 0.3) is 53.4 Å². The Hall–Kier alpha value is -8.68. The Balaban J connectivity index is 0.000000138. The lowest BCUT2D eigenvalue weighted by atomic mass is 9.75. The van der Waals surface area contributed by atoms with Crippen LogP contribution in [0.5, 0.6) is 0 Å². The molecule has 11 aromatic rings. The molecule has 7 heterocycles. The zero-order chi connectivity index (χ0) is 105. The number of ketones is 1. The molecule has 2 saturated carbocycles. The number of ether oxygens (including phenoxy) is 3. The molecule has 5 fully saturated rings. The van der Waals surface area contributed by atoms with Gasteiger partial charge in [-0.3, -0.25) is 32.7 Å². The van der Waals surface area contributed by atoms with Gasteiger partial charge in [-0.2, -0.15) is 0 Å². The number of alkyl carbamates (subject to hydrolysis) is 3. The van der Waals surface area contributed by atoms with Crippen LogP contribution in [0, 0.1) is 11.6 Å². The predicted molar refractivity (Wildman–Crippen MR) is 592 cm³/mol. The number of hydrogen-bond acceptors (Lipinski definition) is 20. The normalized spacial score (nSPS) is 20.4. The van der Waals surface area contributed by atoms with Gasteiger partial charge >= 0.3 is 39.6 Å². The molecule has 0 bridgehead atoms. The van der Waals surface area contributed by atoms with Gasteiger partial charge in [-0.05, 0) is 421 Å². The van der Waals surface area contributed by atoms with Crippen molar-refractivity contribution in [2.24, 2.45) is 5.73 Å². The third-order valence-corrected chi connectivity index (χ3v) is 32.5. The Bertz CT molecular complexity index is 6860. The number of fused-ring (bicyclic) bond motifs is 9. The number of nitrogens with zero attached hydrogens (tertiary/aromatic N) is 2. The van der Waals surface area contributed by atoms with Gasteiger partial charge in [0.05, 0.1) is 49.1 Å². The number of carbonyl (C=O) groups is 4. The van der Waals surface area contributed by atoms with Crippen LogP contribution in [-0.4, -0.2) is 138 Å². The predicted octanol–water partition coefficient (Wildman–Crippen LogP) is 22.2. The number of nitrogens with one attached hydrogen (secondary N) is 5. The molecule has 7 aromatic carbocycles. The van der Waals surface area contributed by atoms with Crippen molar-refractivity contribution in [1.29, 1.82) is 0 Å². The van der Waals surface area contributed by atoms with Crippen LogP contribution in [0.4, 0.5) is 23.2 Å². The number of halogens is 6. The number of aromatic nitrogens is 4. The van der Waals surface area contributed by atoms with Crippen LogP contribution >= 0.6 is 83.3 Å². The molecule has 782 valence electrons. The maximum Gasteiger partial charge on any atom is 0.494 e. The minimum Gasteiger partial charge on any atom is -0.444 e. The van der Waals surface area contributed by atoms with E-state index in [0.717, 1.165) is 146 Å². The van der Waals surface area contributed by atoms with E-state index in [1.54, 1.807) is 12.1 Å². The van der Waals surface area contributed by atoms with Crippen molar-refractivity contribution < 1.29 is 70.1 Å². The van der Waals surface area contributed by atoms with Crippen LogP contribution in [0.2, 0.25) is 6.82 Å². The van der Waals surface area contributed by atoms with Crippen LogP contribution in [0.15, 0.2) is 148 Å². The summed E-state index contributed by atoms with van der Waals surface area (Å²) in [5.74, 6) is -0.576. The molecule has 7 N–H and O–H groups in total. The van der Waals surface area contributed by atoms with Gasteiger partial charge in [-0.1, -0.05) is 98.6 Å². The Labute approximate surface area is 893 Å². The van der Waals surface area contributed by atoms with Gasteiger partial charge in [0.2, 0.25) is 10.9 Å². The van der Waals surface area contributed by atoms with E-state index in [4.69, 9.17) is 47.9 Å². The summed E-state index contributed by atoms with van der Waals surface area (Å²) in [4.78, 5) is 97.6. The average molecular weight is 2250 g/mol. The number of hydrogen-bond donors (Lipinski definition) is 6. The number of H-pyrrole nitrogens is 2. The van der Waals surface area contributed by atoms with Gasteiger partial charge in [-0.25, -0.2) is 23.2 Å². The minimum atomic E-state index is -0.497. The van der Waals surface area contributed by atoms with Crippen LogP contribution in [0.3, 0.4) is 0 Å². The topological polar surface area (TPSA) is 323 Å². The Morgan fingerprint density at radius 1 is 0.425 bits per heavy atom. The van der Waals surface area contributed by atoms with E-state index in [2.05, 4.69) is 227 Å². The first-order chi connectivity index (χ1) is 67.7. The summed E-state index contributed by atoms with van der Waals surface area (Å²) in [5.41, 5.74) is 19.0. The SMILES string of the molecule is CB1OC(C)(C)C(C)(C)O1.CC(C)(C)OC(=O)NC1CCc2cc(B3OC(C)(C)C(C)(C)O3)ccc2C1.CC(C)(C)OC(=O)NC1CCc2cc(B3OC(C)(C)C(C)(C)O3)ccc2C1.CC(C)(C)OC(=O)NC1CCc2cc(Br)ccc2C1.Cl.NC1CCc2cc(-c3cc4c(cc3F)c(=O)c3c(=O)[nH]sc3n4C3CC3)ccc2C1.O=C1CCc2cc(Br)ccc2C1.O=c1[nH]sc2c1c(=O)c1cc(F)c(Br)cc1n2C1CC1. The highest BCUT2D eigenvalue weighted by molar-refractivity contribution is 9.11. The maximum atomic E-state index is 15.2. The average Bonchev–Trinajstić information content (AvgIpc) is 1.54. The lowest BCUT2D eigenvalue weighted by Crippen LogP contribution is -2.42. The maximum absolute atomic E-state index is 15.2. The summed E-state index contributed by atoms with van der Waals surface area (Å²) in [6.07, 6.45) is 16.0. The van der Waals surface area contributed by atoms with Gasteiger partial charge in [0, 0.05) is 74.4 Å². The highest BCUT2D eigenvalue weighted by Gasteiger charge is 2.54. The molecule has 21 rings (SSSR count). The molecule has 36 heteroatoms. The second-order valence-corrected chi connectivity index (χ2v) is 50.0. The molecule has 7 aliphatic carbocycles. The fraction of sp³-hybridized carbons (Fsp3) is 0.509. The summed E-state index contributed by atoms with van der Waals surface area (Å²) >= 11 is 12.4. The molecule has 4 unspecified atom stereocenters. The number of carbonyl (C=O) groups excluding carboxylic acids is 4. The second-order valence-electron chi connectivity index (χ2n) is 45.8. The lowest BCUT2D eigenvalue weighted by Gasteiger charge is -2.32. The molecule has 3 amide bonds. The summed E-state index contributed by atoms with van der Waals surface area (Å²) in [6.45, 7) is 43.6. The molecule has 3 saturated heterocycles. The van der Waals surface area contributed by atoms with Gasteiger partial charge in [0.15, 0.2) is 0 Å². The van der Waals surface area contributed by atoms with E-state index < -0.39 is 50.4 Å². The van der Waals surface area contributed by atoms with Crippen molar-refractivity contribution in [3.05, 3.63) is 237 Å². The summed E-state index contributed by atoms with van der Waals surface area (Å²) in [7, 11) is -0.735. The first kappa shape index (κ1) is 113. The van der Waals surface area contributed by atoms with E-state index in [-0.39, 0.29) is 143 Å². The number of aryl methyl sites for hydroxylation is 5. The third kappa shape index (κ3) is 26.9. The second kappa shape index (κ2) is 44.3. The van der Waals surface area contributed by atoms with Gasteiger partial charge in [0.25, 0.3) is 11.1 Å². The molecule has 0 radical (unpaired) electrons. The van der Waals surface area contributed by atoms with Gasteiger partial charge in [0.1, 0.15) is 54.7 Å². The number of pyridine rings is 2. The molecule has 4 atom stereocenters. The molecule has 146 heavy (non-hydrogen) atoms. The minimum absolute atomic E-state index is 0. The van der Waals surface area contributed by atoms with E-state index in [1.165, 1.54) is 79.3 Å². The van der Waals surface area contributed by atoms with Crippen molar-refractivity contribution >= 4 is 182 Å². The monoisotopic (exact) mass is 2250 g/mol. The quantitative estimate of drug-likeness (QED) is 0.0608. The number of benzene rings is 7. The highest BCUT2D eigenvalue weighted by Crippen LogP contribution is 2.45. The van der Waals surface area contributed by atoms with Crippen molar-refractivity contribution in [3.8, 4) is 11.1 Å². The summed E-state index contributed by atoms with van der Waals surface area (Å²) < 4.78 is 92.6. The molecule has 25 nitrogen and oxygen atoms in total. The zero-order valence-electron chi connectivity index (χ0n) is 87.6. The van der Waals surface area contributed by atoms with Crippen LogP contribution < -0.4 is 54.6 Å². The van der Waals surface area contributed by atoms with E-state index in [1.807, 2.05) is 98.0 Å². The number of aromatic amines is 2. The fourth-order valence-corrected chi connectivity index (χ4v) is 22.3. The van der Waals surface area contributed by atoms with Crippen molar-refractivity contribution in [3.63, 3.8) is 0 Å². The van der Waals surface area contributed by atoms with Crippen molar-refractivity contribution in [2.45, 2.75) is 361 Å². The number of Topliss-reactive ketones (excluding diaryl/α,β-unsaturated/α-hetero) is 1. The molecule has 3 aliphatic heterocycles. The molecular weight excluding hydrogens is 2110 g/mol. The first-order valence-electron chi connectivity index (χ1n) is 50.4. The molecule has 10 aliphatic rings. The molecule has 4 aromatic heterocycles. The smallest absolute Gasteiger partial charge is 0.444 e. The van der Waals surface area contributed by atoms with Crippen molar-refractivity contribution in [2.75, 3.05) is 0 Å². The van der Waals surface area contributed by atoms with E-state index in [0.29, 0.717) is 49.4 Å². The number of rotatable bonds is 8.